The highest BCUT2D eigenvalue weighted by Crippen LogP contribution is 2.41. The Bertz CT molecular complexity index is 470. The Morgan fingerprint density at radius 3 is 2.89 bits per heavy atom. The second kappa shape index (κ2) is 5.04. The highest BCUT2D eigenvalue weighted by atomic mass is 16.3. The Kier molecular flexibility index (Phi) is 3.40. The molecule has 3 nitrogen and oxygen atoms in total. The molecule has 1 fully saturated rings. The molecule has 0 aromatic heterocycles. The number of nitrogens with zero attached hydrogens (tertiary/aromatic N) is 1. The Labute approximate surface area is 114 Å². The van der Waals surface area contributed by atoms with Crippen LogP contribution in [0.1, 0.15) is 37.3 Å². The van der Waals surface area contributed by atoms with Gasteiger partial charge < -0.3 is 10.2 Å². The summed E-state index contributed by atoms with van der Waals surface area (Å²) in [5.41, 5.74) is 2.21. The number of phenolic OH excluding ortho intramolecular Hbond substituents is 2. The van der Waals surface area contributed by atoms with Crippen molar-refractivity contribution in [2.24, 2.45) is 5.92 Å². The van der Waals surface area contributed by atoms with Crippen molar-refractivity contribution in [1.29, 1.82) is 0 Å². The largest absolute Gasteiger partial charge is 0.504 e. The van der Waals surface area contributed by atoms with Crippen molar-refractivity contribution in [2.75, 3.05) is 13.1 Å². The van der Waals surface area contributed by atoms with Crippen LogP contribution in [-0.2, 0) is 12.8 Å². The van der Waals surface area contributed by atoms with Gasteiger partial charge in [-0.15, -0.1) is 0 Å². The second-order valence-electron chi connectivity index (χ2n) is 5.98. The second-order valence-corrected chi connectivity index (χ2v) is 5.98. The van der Waals surface area contributed by atoms with Crippen LogP contribution in [0.25, 0.3) is 0 Å². The SMILES string of the molecule is CCCN1CCCC2Cc3c(ccc(O)c3O)CC21. The zero-order chi connectivity index (χ0) is 13.4. The summed E-state index contributed by atoms with van der Waals surface area (Å²) in [6.45, 7) is 4.64. The van der Waals surface area contributed by atoms with Gasteiger partial charge in [-0.1, -0.05) is 13.0 Å². The van der Waals surface area contributed by atoms with Crippen LogP contribution in [0.5, 0.6) is 11.5 Å². The third-order valence-corrected chi connectivity index (χ3v) is 4.80. The maximum Gasteiger partial charge on any atom is 0.160 e. The Hall–Kier alpha value is -1.22. The van der Waals surface area contributed by atoms with Gasteiger partial charge in [-0.05, 0) is 62.7 Å². The smallest absolute Gasteiger partial charge is 0.160 e. The van der Waals surface area contributed by atoms with Crippen LogP contribution < -0.4 is 0 Å². The van der Waals surface area contributed by atoms with E-state index in [-0.39, 0.29) is 11.5 Å². The normalized spacial score (nSPS) is 26.8. The fourth-order valence-electron chi connectivity index (χ4n) is 3.88. The van der Waals surface area contributed by atoms with Gasteiger partial charge in [0, 0.05) is 11.6 Å². The predicted octanol–water partition coefficient (Wildman–Crippen LogP) is 2.69. The molecule has 1 heterocycles. The van der Waals surface area contributed by atoms with Crippen molar-refractivity contribution < 1.29 is 10.2 Å². The molecule has 2 unspecified atom stereocenters. The van der Waals surface area contributed by atoms with Crippen LogP contribution >= 0.6 is 0 Å². The lowest BCUT2D eigenvalue weighted by Gasteiger charge is -2.44. The van der Waals surface area contributed by atoms with Crippen molar-refractivity contribution in [1.82, 2.24) is 4.90 Å². The predicted molar refractivity (Wildman–Crippen MR) is 75.6 cm³/mol. The Morgan fingerprint density at radius 1 is 1.26 bits per heavy atom. The third kappa shape index (κ3) is 2.20. The highest BCUT2D eigenvalue weighted by Gasteiger charge is 2.36. The summed E-state index contributed by atoms with van der Waals surface area (Å²) < 4.78 is 0. The molecule has 2 atom stereocenters. The van der Waals surface area contributed by atoms with Gasteiger partial charge in [-0.25, -0.2) is 0 Å². The standard InChI is InChI=1S/C16H23NO2/c1-2-7-17-8-3-4-12-9-13-11(10-14(12)17)5-6-15(18)16(13)19/h5-6,12,14,18-19H,2-4,7-10H2,1H3. The quantitative estimate of drug-likeness (QED) is 0.804. The van der Waals surface area contributed by atoms with Crippen molar-refractivity contribution >= 4 is 0 Å². The van der Waals surface area contributed by atoms with Gasteiger partial charge in [0.1, 0.15) is 0 Å². The highest BCUT2D eigenvalue weighted by molar-refractivity contribution is 5.50. The van der Waals surface area contributed by atoms with Crippen LogP contribution in [0, 0.1) is 5.92 Å². The minimum absolute atomic E-state index is 0.0263. The van der Waals surface area contributed by atoms with Gasteiger partial charge in [0.15, 0.2) is 11.5 Å². The molecule has 0 saturated carbocycles. The minimum atomic E-state index is 0.0263. The minimum Gasteiger partial charge on any atom is -0.504 e. The molecule has 0 spiro atoms. The van der Waals surface area contributed by atoms with E-state index >= 15 is 0 Å². The lowest BCUT2D eigenvalue weighted by Crippen LogP contribution is -2.49. The molecule has 2 N–H and O–H groups in total. The van der Waals surface area contributed by atoms with Gasteiger partial charge in [0.25, 0.3) is 0 Å². The fourth-order valence-corrected chi connectivity index (χ4v) is 3.88. The maximum atomic E-state index is 10.0. The summed E-state index contributed by atoms with van der Waals surface area (Å²) in [4.78, 5) is 2.63. The number of piperidine rings is 1. The van der Waals surface area contributed by atoms with Crippen LogP contribution in [0.3, 0.4) is 0 Å². The zero-order valence-electron chi connectivity index (χ0n) is 11.6. The first-order chi connectivity index (χ1) is 9.20. The lowest BCUT2D eigenvalue weighted by molar-refractivity contribution is 0.0848. The van der Waals surface area contributed by atoms with E-state index in [4.69, 9.17) is 0 Å². The van der Waals surface area contributed by atoms with Crippen LogP contribution in [0.15, 0.2) is 12.1 Å². The number of phenols is 2. The van der Waals surface area contributed by atoms with E-state index in [1.165, 1.54) is 37.9 Å². The summed E-state index contributed by atoms with van der Waals surface area (Å²) in [7, 11) is 0. The topological polar surface area (TPSA) is 43.7 Å². The van der Waals surface area contributed by atoms with Crippen molar-refractivity contribution in [3.05, 3.63) is 23.3 Å². The molecule has 19 heavy (non-hydrogen) atoms. The summed E-state index contributed by atoms with van der Waals surface area (Å²) in [6.07, 6.45) is 5.65. The Balaban J connectivity index is 1.90. The van der Waals surface area contributed by atoms with Crippen molar-refractivity contribution in [3.63, 3.8) is 0 Å². The number of hydrogen-bond acceptors (Lipinski definition) is 3. The summed E-state index contributed by atoms with van der Waals surface area (Å²) in [6, 6.07) is 4.24. The number of aromatic hydroxyl groups is 2. The number of benzene rings is 1. The molecule has 1 aromatic carbocycles. The summed E-state index contributed by atoms with van der Waals surface area (Å²) in [5.74, 6) is 0.780. The molecule has 0 bridgehead atoms. The van der Waals surface area contributed by atoms with Gasteiger partial charge in [0.05, 0.1) is 0 Å². The van der Waals surface area contributed by atoms with E-state index in [1.54, 1.807) is 6.07 Å². The molecule has 2 aliphatic rings. The van der Waals surface area contributed by atoms with Gasteiger partial charge in [0.2, 0.25) is 0 Å². The van der Waals surface area contributed by atoms with Gasteiger partial charge >= 0.3 is 0 Å². The monoisotopic (exact) mass is 261 g/mol. The van der Waals surface area contributed by atoms with Crippen LogP contribution in [0.4, 0.5) is 0 Å². The molecular formula is C16H23NO2. The first kappa shape index (κ1) is 12.8. The van der Waals surface area contributed by atoms with E-state index in [0.29, 0.717) is 12.0 Å². The first-order valence-corrected chi connectivity index (χ1v) is 7.47. The van der Waals surface area contributed by atoms with Crippen molar-refractivity contribution in [2.45, 2.75) is 45.1 Å². The first-order valence-electron chi connectivity index (χ1n) is 7.47. The molecule has 3 heteroatoms. The number of fused-ring (bicyclic) bond motifs is 2. The summed E-state index contributed by atoms with van der Waals surface area (Å²) in [5, 5.41) is 19.7. The van der Waals surface area contributed by atoms with E-state index < -0.39 is 0 Å². The van der Waals surface area contributed by atoms with Crippen LogP contribution in [0.2, 0.25) is 0 Å². The molecule has 1 saturated heterocycles. The molecule has 1 aliphatic heterocycles. The number of rotatable bonds is 2. The molecule has 1 aliphatic carbocycles. The van der Waals surface area contributed by atoms with E-state index in [0.717, 1.165) is 18.4 Å². The van der Waals surface area contributed by atoms with Gasteiger partial charge in [-0.2, -0.15) is 0 Å². The molecule has 0 amide bonds. The zero-order valence-corrected chi connectivity index (χ0v) is 11.6. The van der Waals surface area contributed by atoms with Gasteiger partial charge in [-0.3, -0.25) is 4.90 Å². The van der Waals surface area contributed by atoms with Crippen LogP contribution in [-0.4, -0.2) is 34.2 Å². The lowest BCUT2D eigenvalue weighted by atomic mass is 9.75. The molecule has 104 valence electrons. The molecule has 3 rings (SSSR count). The molecular weight excluding hydrogens is 238 g/mol. The van der Waals surface area contributed by atoms with E-state index in [2.05, 4.69) is 11.8 Å². The fraction of sp³-hybridized carbons (Fsp3) is 0.625. The van der Waals surface area contributed by atoms with Crippen molar-refractivity contribution in [3.8, 4) is 11.5 Å². The average molecular weight is 261 g/mol. The number of likely N-dealkylation sites (tertiary alicyclic amines) is 1. The Morgan fingerprint density at radius 2 is 2.11 bits per heavy atom. The maximum absolute atomic E-state index is 10.0. The molecule has 1 aromatic rings. The molecule has 0 radical (unpaired) electrons. The van der Waals surface area contributed by atoms with E-state index in [9.17, 15) is 10.2 Å². The third-order valence-electron chi connectivity index (χ3n) is 4.80. The number of hydrogen-bond donors (Lipinski definition) is 2. The van der Waals surface area contributed by atoms with E-state index in [1.807, 2.05) is 6.07 Å². The average Bonchev–Trinajstić information content (AvgIpc) is 2.42. The summed E-state index contributed by atoms with van der Waals surface area (Å²) >= 11 is 0.